The first-order chi connectivity index (χ1) is 7.29. The van der Waals surface area contributed by atoms with Gasteiger partial charge in [-0.2, -0.15) is 0 Å². The monoisotopic (exact) mass is 203 g/mol. The SMILES string of the molecule is C/C=C/C(=O)Nc1ccc2c(c1)COC2. The fraction of sp³-hybridized carbons (Fsp3) is 0.250. The van der Waals surface area contributed by atoms with Crippen molar-refractivity contribution in [1.29, 1.82) is 0 Å². The van der Waals surface area contributed by atoms with Gasteiger partial charge in [-0.1, -0.05) is 12.1 Å². The van der Waals surface area contributed by atoms with Crippen LogP contribution < -0.4 is 5.32 Å². The second-order valence-corrected chi connectivity index (χ2v) is 3.47. The molecule has 0 aliphatic carbocycles. The molecule has 0 radical (unpaired) electrons. The zero-order valence-electron chi connectivity index (χ0n) is 8.62. The van der Waals surface area contributed by atoms with Crippen LogP contribution in [-0.2, 0) is 22.7 Å². The third-order valence-electron chi connectivity index (χ3n) is 2.31. The van der Waals surface area contributed by atoms with Crippen LogP contribution in [0.1, 0.15) is 18.1 Å². The summed E-state index contributed by atoms with van der Waals surface area (Å²) in [5.41, 5.74) is 3.19. The fourth-order valence-electron chi connectivity index (χ4n) is 1.59. The molecule has 0 atom stereocenters. The molecule has 0 aromatic heterocycles. The molecule has 1 aromatic carbocycles. The van der Waals surface area contributed by atoms with E-state index >= 15 is 0 Å². The number of rotatable bonds is 2. The van der Waals surface area contributed by atoms with E-state index in [9.17, 15) is 4.79 Å². The molecule has 1 N–H and O–H groups in total. The van der Waals surface area contributed by atoms with Crippen molar-refractivity contribution in [3.8, 4) is 0 Å². The van der Waals surface area contributed by atoms with E-state index in [2.05, 4.69) is 5.32 Å². The predicted octanol–water partition coefficient (Wildman–Crippen LogP) is 2.23. The van der Waals surface area contributed by atoms with Crippen LogP contribution in [0.5, 0.6) is 0 Å². The first-order valence-corrected chi connectivity index (χ1v) is 4.93. The number of amides is 1. The van der Waals surface area contributed by atoms with Crippen molar-refractivity contribution < 1.29 is 9.53 Å². The zero-order valence-corrected chi connectivity index (χ0v) is 8.62. The molecule has 1 heterocycles. The van der Waals surface area contributed by atoms with Gasteiger partial charge in [0, 0.05) is 5.69 Å². The number of nitrogens with one attached hydrogen (secondary N) is 1. The van der Waals surface area contributed by atoms with Gasteiger partial charge in [-0.25, -0.2) is 0 Å². The molecule has 78 valence electrons. The van der Waals surface area contributed by atoms with E-state index in [4.69, 9.17) is 4.74 Å². The van der Waals surface area contributed by atoms with Gasteiger partial charge in [-0.3, -0.25) is 4.79 Å². The first kappa shape index (κ1) is 9.93. The Morgan fingerprint density at radius 3 is 3.00 bits per heavy atom. The first-order valence-electron chi connectivity index (χ1n) is 4.93. The van der Waals surface area contributed by atoms with Crippen molar-refractivity contribution in [2.45, 2.75) is 20.1 Å². The lowest BCUT2D eigenvalue weighted by molar-refractivity contribution is -0.111. The van der Waals surface area contributed by atoms with Crippen molar-refractivity contribution in [2.24, 2.45) is 0 Å². The summed E-state index contributed by atoms with van der Waals surface area (Å²) in [6, 6.07) is 5.85. The topological polar surface area (TPSA) is 38.3 Å². The maximum absolute atomic E-state index is 11.3. The molecule has 0 spiro atoms. The summed E-state index contributed by atoms with van der Waals surface area (Å²) in [6.45, 7) is 3.14. The highest BCUT2D eigenvalue weighted by atomic mass is 16.5. The largest absolute Gasteiger partial charge is 0.372 e. The quantitative estimate of drug-likeness (QED) is 0.748. The molecular formula is C12H13NO2. The molecule has 0 saturated heterocycles. The fourth-order valence-corrected chi connectivity index (χ4v) is 1.59. The van der Waals surface area contributed by atoms with Gasteiger partial charge in [0.05, 0.1) is 13.2 Å². The Labute approximate surface area is 88.8 Å². The van der Waals surface area contributed by atoms with E-state index in [1.54, 1.807) is 6.08 Å². The average molecular weight is 203 g/mol. The van der Waals surface area contributed by atoms with Crippen molar-refractivity contribution in [2.75, 3.05) is 5.32 Å². The molecule has 0 saturated carbocycles. The van der Waals surface area contributed by atoms with Crippen LogP contribution in [0.3, 0.4) is 0 Å². The van der Waals surface area contributed by atoms with Crippen molar-refractivity contribution in [3.63, 3.8) is 0 Å². The molecule has 3 heteroatoms. The average Bonchev–Trinajstić information content (AvgIpc) is 2.65. The van der Waals surface area contributed by atoms with Crippen molar-refractivity contribution in [1.82, 2.24) is 0 Å². The highest BCUT2D eigenvalue weighted by Crippen LogP contribution is 2.23. The van der Waals surface area contributed by atoms with Crippen LogP contribution in [-0.4, -0.2) is 5.91 Å². The number of hydrogen-bond acceptors (Lipinski definition) is 2. The number of benzene rings is 1. The summed E-state index contributed by atoms with van der Waals surface area (Å²) in [6.07, 6.45) is 3.22. The highest BCUT2D eigenvalue weighted by Gasteiger charge is 2.11. The van der Waals surface area contributed by atoms with E-state index in [0.29, 0.717) is 13.2 Å². The summed E-state index contributed by atoms with van der Waals surface area (Å²) in [5.74, 6) is -0.101. The van der Waals surface area contributed by atoms with Gasteiger partial charge in [0.1, 0.15) is 0 Å². The Morgan fingerprint density at radius 2 is 2.20 bits per heavy atom. The summed E-state index contributed by atoms with van der Waals surface area (Å²) in [4.78, 5) is 11.3. The Morgan fingerprint density at radius 1 is 1.40 bits per heavy atom. The Balaban J connectivity index is 2.13. The van der Waals surface area contributed by atoms with Crippen LogP contribution in [0.15, 0.2) is 30.4 Å². The molecule has 15 heavy (non-hydrogen) atoms. The van der Waals surface area contributed by atoms with E-state index in [1.165, 1.54) is 11.6 Å². The van der Waals surface area contributed by atoms with E-state index in [0.717, 1.165) is 11.3 Å². The summed E-state index contributed by atoms with van der Waals surface area (Å²) in [7, 11) is 0. The van der Waals surface area contributed by atoms with Crippen LogP contribution in [0.2, 0.25) is 0 Å². The maximum Gasteiger partial charge on any atom is 0.248 e. The molecule has 0 unspecified atom stereocenters. The smallest absolute Gasteiger partial charge is 0.248 e. The van der Waals surface area contributed by atoms with Gasteiger partial charge in [-0.15, -0.1) is 0 Å². The van der Waals surface area contributed by atoms with Crippen LogP contribution in [0, 0.1) is 0 Å². The van der Waals surface area contributed by atoms with Crippen molar-refractivity contribution in [3.05, 3.63) is 41.5 Å². The molecule has 1 aliphatic rings. The zero-order chi connectivity index (χ0) is 10.7. The van der Waals surface area contributed by atoms with E-state index < -0.39 is 0 Å². The van der Waals surface area contributed by atoms with Crippen LogP contribution >= 0.6 is 0 Å². The van der Waals surface area contributed by atoms with E-state index in [-0.39, 0.29) is 5.91 Å². The molecule has 0 bridgehead atoms. The molecule has 2 rings (SSSR count). The predicted molar refractivity (Wildman–Crippen MR) is 58.4 cm³/mol. The molecular weight excluding hydrogens is 190 g/mol. The van der Waals surface area contributed by atoms with Gasteiger partial charge in [0.15, 0.2) is 0 Å². The lowest BCUT2D eigenvalue weighted by Gasteiger charge is -2.04. The lowest BCUT2D eigenvalue weighted by atomic mass is 10.1. The normalized spacial score (nSPS) is 14.2. The molecule has 1 aromatic rings. The Kier molecular flexibility index (Phi) is 2.83. The molecule has 0 fully saturated rings. The van der Waals surface area contributed by atoms with Crippen LogP contribution in [0.25, 0.3) is 0 Å². The molecule has 1 aliphatic heterocycles. The van der Waals surface area contributed by atoms with Crippen LogP contribution in [0.4, 0.5) is 5.69 Å². The number of anilines is 1. The third kappa shape index (κ3) is 2.25. The van der Waals surface area contributed by atoms with Crippen molar-refractivity contribution >= 4 is 11.6 Å². The number of allylic oxidation sites excluding steroid dienone is 1. The van der Waals surface area contributed by atoms with Gasteiger partial charge < -0.3 is 10.1 Å². The van der Waals surface area contributed by atoms with E-state index in [1.807, 2.05) is 25.1 Å². The van der Waals surface area contributed by atoms with Gasteiger partial charge in [0.25, 0.3) is 0 Å². The number of fused-ring (bicyclic) bond motifs is 1. The Bertz CT molecular complexity index is 410. The van der Waals surface area contributed by atoms with Gasteiger partial charge >= 0.3 is 0 Å². The summed E-state index contributed by atoms with van der Waals surface area (Å²) >= 11 is 0. The number of hydrogen-bond donors (Lipinski definition) is 1. The maximum atomic E-state index is 11.3. The third-order valence-corrected chi connectivity index (χ3v) is 2.31. The molecule has 1 amide bonds. The van der Waals surface area contributed by atoms with Gasteiger partial charge in [0.2, 0.25) is 5.91 Å². The molecule has 3 nitrogen and oxygen atoms in total. The minimum atomic E-state index is -0.101. The standard InChI is InChI=1S/C12H13NO2/c1-2-3-12(14)13-11-5-4-9-7-15-8-10(9)6-11/h2-6H,7-8H2,1H3,(H,13,14)/b3-2+. The number of carbonyl (C=O) groups is 1. The highest BCUT2D eigenvalue weighted by molar-refractivity contribution is 5.99. The summed E-state index contributed by atoms with van der Waals surface area (Å²) in [5, 5.41) is 2.79. The Hall–Kier alpha value is -1.61. The van der Waals surface area contributed by atoms with Gasteiger partial charge in [-0.05, 0) is 36.3 Å². The second-order valence-electron chi connectivity index (χ2n) is 3.47. The second kappa shape index (κ2) is 4.28. The lowest BCUT2D eigenvalue weighted by Crippen LogP contribution is -2.07. The number of carbonyl (C=O) groups excluding carboxylic acids is 1. The minimum Gasteiger partial charge on any atom is -0.372 e. The minimum absolute atomic E-state index is 0.101. The summed E-state index contributed by atoms with van der Waals surface area (Å²) < 4.78 is 5.30. The number of ether oxygens (including phenoxy) is 1.